The number of rotatable bonds is 2. The zero-order valence-corrected chi connectivity index (χ0v) is 15.6. The number of ketones is 1. The van der Waals surface area contributed by atoms with Gasteiger partial charge in [-0.2, -0.15) is 0 Å². The summed E-state index contributed by atoms with van der Waals surface area (Å²) >= 11 is 0. The van der Waals surface area contributed by atoms with E-state index in [0.29, 0.717) is 11.3 Å². The highest BCUT2D eigenvalue weighted by Gasteiger charge is 2.49. The van der Waals surface area contributed by atoms with Gasteiger partial charge in [0.05, 0.1) is 17.3 Å². The summed E-state index contributed by atoms with van der Waals surface area (Å²) in [5.41, 5.74) is 1.54. The second-order valence-corrected chi connectivity index (χ2v) is 8.10. The average Bonchev–Trinajstić information content (AvgIpc) is 2.93. The topological polar surface area (TPSA) is 54.8 Å². The Labute approximate surface area is 153 Å². The van der Waals surface area contributed by atoms with Crippen LogP contribution in [0.5, 0.6) is 5.75 Å². The lowest BCUT2D eigenvalue weighted by molar-refractivity contribution is 0.0887. The van der Waals surface area contributed by atoms with Gasteiger partial charge in [0, 0.05) is 24.0 Å². The van der Waals surface area contributed by atoms with Gasteiger partial charge in [-0.25, -0.2) is 4.99 Å². The Morgan fingerprint density at radius 3 is 2.58 bits per heavy atom. The molecule has 0 saturated carbocycles. The molecule has 0 amide bonds. The molecule has 1 atom stereocenters. The predicted molar refractivity (Wildman–Crippen MR) is 103 cm³/mol. The quantitative estimate of drug-likeness (QED) is 0.806. The molecule has 26 heavy (non-hydrogen) atoms. The number of anilines is 1. The van der Waals surface area contributed by atoms with Crippen LogP contribution in [0.25, 0.3) is 0 Å². The number of aliphatic imine (C=N–C) groups is 1. The smallest absolute Gasteiger partial charge is 0.178 e. The highest BCUT2D eigenvalue weighted by atomic mass is 16.5. The van der Waals surface area contributed by atoms with E-state index in [-0.39, 0.29) is 11.4 Å². The summed E-state index contributed by atoms with van der Waals surface area (Å²) in [6.07, 6.45) is 4.07. The Morgan fingerprint density at radius 1 is 1.15 bits per heavy atom. The SMILES string of the molecule is CC(C)(C)Oc1ccc(N2CCC3(C)C(=O)c4ccncc4N=C23)cc1. The van der Waals surface area contributed by atoms with E-state index in [2.05, 4.69) is 9.88 Å². The third-order valence-electron chi connectivity index (χ3n) is 4.93. The molecule has 134 valence electrons. The lowest BCUT2D eigenvalue weighted by atomic mass is 9.78. The second-order valence-electron chi connectivity index (χ2n) is 8.10. The van der Waals surface area contributed by atoms with Gasteiger partial charge >= 0.3 is 0 Å². The Hall–Kier alpha value is -2.69. The third kappa shape index (κ3) is 2.68. The second kappa shape index (κ2) is 5.66. The molecule has 0 bridgehead atoms. The van der Waals surface area contributed by atoms with Gasteiger partial charge in [-0.3, -0.25) is 9.78 Å². The zero-order valence-electron chi connectivity index (χ0n) is 15.6. The lowest BCUT2D eigenvalue weighted by Gasteiger charge is -2.30. The maximum absolute atomic E-state index is 13.1. The fraction of sp³-hybridized carbons (Fsp3) is 0.381. The maximum atomic E-state index is 13.1. The van der Waals surface area contributed by atoms with Crippen LogP contribution in [0.4, 0.5) is 11.4 Å². The highest BCUT2D eigenvalue weighted by Crippen LogP contribution is 2.44. The molecule has 1 unspecified atom stereocenters. The van der Waals surface area contributed by atoms with Crippen LogP contribution in [0.2, 0.25) is 0 Å². The van der Waals surface area contributed by atoms with Crippen molar-refractivity contribution < 1.29 is 9.53 Å². The largest absolute Gasteiger partial charge is 0.488 e. The van der Waals surface area contributed by atoms with Crippen LogP contribution in [-0.2, 0) is 0 Å². The molecule has 2 aliphatic heterocycles. The normalized spacial score (nSPS) is 21.9. The Balaban J connectivity index is 1.69. The molecule has 1 aromatic heterocycles. The van der Waals surface area contributed by atoms with Crippen LogP contribution in [0.15, 0.2) is 47.7 Å². The third-order valence-corrected chi connectivity index (χ3v) is 4.93. The minimum absolute atomic E-state index is 0.134. The number of amidine groups is 1. The monoisotopic (exact) mass is 349 g/mol. The van der Waals surface area contributed by atoms with Crippen LogP contribution < -0.4 is 9.64 Å². The summed E-state index contributed by atoms with van der Waals surface area (Å²) in [7, 11) is 0. The van der Waals surface area contributed by atoms with E-state index in [1.807, 2.05) is 52.0 Å². The van der Waals surface area contributed by atoms with E-state index < -0.39 is 5.41 Å². The molecule has 0 N–H and O–H groups in total. The zero-order chi connectivity index (χ0) is 18.5. The Kier molecular flexibility index (Phi) is 3.65. The van der Waals surface area contributed by atoms with E-state index in [0.717, 1.165) is 30.2 Å². The fourth-order valence-corrected chi connectivity index (χ4v) is 3.63. The summed E-state index contributed by atoms with van der Waals surface area (Å²) in [4.78, 5) is 24.1. The summed E-state index contributed by atoms with van der Waals surface area (Å²) in [6.45, 7) is 8.85. The first-order valence-corrected chi connectivity index (χ1v) is 8.93. The Bertz CT molecular complexity index is 896. The van der Waals surface area contributed by atoms with Gasteiger partial charge in [-0.05, 0) is 64.4 Å². The van der Waals surface area contributed by atoms with Crippen LogP contribution in [-0.4, -0.2) is 28.7 Å². The number of carbonyl (C=O) groups is 1. The molecule has 1 saturated heterocycles. The van der Waals surface area contributed by atoms with Crippen molar-refractivity contribution in [1.82, 2.24) is 4.98 Å². The number of carbonyl (C=O) groups excluding carboxylic acids is 1. The first-order valence-electron chi connectivity index (χ1n) is 8.93. The standard InChI is InChI=1S/C21H23N3O2/c1-20(2,3)26-15-7-5-14(6-8-15)24-12-10-21(4)18(25)16-9-11-22-13-17(16)23-19(21)24/h5-9,11,13H,10,12H2,1-4H3. The van der Waals surface area contributed by atoms with Gasteiger partial charge in [0.25, 0.3) is 0 Å². The van der Waals surface area contributed by atoms with E-state index in [1.54, 1.807) is 18.5 Å². The van der Waals surface area contributed by atoms with Crippen LogP contribution in [0.3, 0.4) is 0 Å². The molecule has 5 heteroatoms. The number of hydrogen-bond acceptors (Lipinski definition) is 5. The van der Waals surface area contributed by atoms with E-state index in [4.69, 9.17) is 9.73 Å². The molecule has 2 aliphatic rings. The van der Waals surface area contributed by atoms with Crippen molar-refractivity contribution >= 4 is 23.0 Å². The summed E-state index contributed by atoms with van der Waals surface area (Å²) in [5.74, 6) is 1.78. The number of benzene rings is 1. The van der Waals surface area contributed by atoms with Gasteiger partial charge in [-0.1, -0.05) is 0 Å². The van der Waals surface area contributed by atoms with Crippen LogP contribution in [0.1, 0.15) is 44.5 Å². The van der Waals surface area contributed by atoms with Crippen molar-refractivity contribution in [3.05, 3.63) is 48.3 Å². The highest BCUT2D eigenvalue weighted by molar-refractivity contribution is 6.25. The number of aromatic nitrogens is 1. The predicted octanol–water partition coefficient (Wildman–Crippen LogP) is 4.40. The first-order chi connectivity index (χ1) is 12.3. The van der Waals surface area contributed by atoms with Crippen molar-refractivity contribution in [2.24, 2.45) is 10.4 Å². The van der Waals surface area contributed by atoms with E-state index >= 15 is 0 Å². The first kappa shape index (κ1) is 16.8. The van der Waals surface area contributed by atoms with Crippen LogP contribution in [0, 0.1) is 5.41 Å². The minimum atomic E-state index is -0.574. The number of hydrogen-bond donors (Lipinski definition) is 0. The number of fused-ring (bicyclic) bond motifs is 2. The number of pyridine rings is 1. The molecular weight excluding hydrogens is 326 g/mol. The molecule has 0 aliphatic carbocycles. The molecule has 4 rings (SSSR count). The fourth-order valence-electron chi connectivity index (χ4n) is 3.63. The van der Waals surface area contributed by atoms with Crippen LogP contribution >= 0.6 is 0 Å². The van der Waals surface area contributed by atoms with Crippen molar-refractivity contribution in [2.45, 2.75) is 39.7 Å². The van der Waals surface area contributed by atoms with Gasteiger partial charge in [-0.15, -0.1) is 0 Å². The molecule has 5 nitrogen and oxygen atoms in total. The summed E-state index contributed by atoms with van der Waals surface area (Å²) < 4.78 is 5.90. The molecular formula is C21H23N3O2. The summed E-state index contributed by atoms with van der Waals surface area (Å²) in [5, 5.41) is 0. The molecule has 2 aromatic rings. The maximum Gasteiger partial charge on any atom is 0.178 e. The molecule has 0 radical (unpaired) electrons. The lowest BCUT2D eigenvalue weighted by Crippen LogP contribution is -2.40. The van der Waals surface area contributed by atoms with Crippen molar-refractivity contribution in [1.29, 1.82) is 0 Å². The number of ether oxygens (including phenoxy) is 1. The van der Waals surface area contributed by atoms with Gasteiger partial charge in [0.15, 0.2) is 5.78 Å². The Morgan fingerprint density at radius 2 is 1.88 bits per heavy atom. The van der Waals surface area contributed by atoms with Gasteiger partial charge < -0.3 is 9.64 Å². The van der Waals surface area contributed by atoms with E-state index in [9.17, 15) is 4.79 Å². The molecule has 1 fully saturated rings. The average molecular weight is 349 g/mol. The van der Waals surface area contributed by atoms with Crippen molar-refractivity contribution in [3.63, 3.8) is 0 Å². The molecule has 3 heterocycles. The van der Waals surface area contributed by atoms with Crippen molar-refractivity contribution in [2.75, 3.05) is 11.4 Å². The minimum Gasteiger partial charge on any atom is -0.488 e. The van der Waals surface area contributed by atoms with Gasteiger partial charge in [0.2, 0.25) is 0 Å². The molecule has 0 spiro atoms. The summed E-state index contributed by atoms with van der Waals surface area (Å²) in [6, 6.07) is 9.76. The molecule has 1 aromatic carbocycles. The number of Topliss-reactive ketones (excluding diaryl/α,β-unsaturated/α-hetero) is 1. The van der Waals surface area contributed by atoms with Gasteiger partial charge in [0.1, 0.15) is 17.2 Å². The van der Waals surface area contributed by atoms with Crippen molar-refractivity contribution in [3.8, 4) is 5.75 Å². The number of nitrogens with zero attached hydrogens (tertiary/aromatic N) is 3. The van der Waals surface area contributed by atoms with E-state index in [1.165, 1.54) is 0 Å².